The van der Waals surface area contributed by atoms with Gasteiger partial charge < -0.3 is 10.3 Å². The van der Waals surface area contributed by atoms with E-state index in [4.69, 9.17) is 4.98 Å². The van der Waals surface area contributed by atoms with Crippen LogP contribution in [0.25, 0.3) is 0 Å². The van der Waals surface area contributed by atoms with Crippen molar-refractivity contribution in [3.05, 3.63) is 17.2 Å². The van der Waals surface area contributed by atoms with Gasteiger partial charge in [0.05, 0.1) is 5.69 Å². The van der Waals surface area contributed by atoms with Gasteiger partial charge in [-0.1, -0.05) is 13.8 Å². The molecule has 2 rings (SSSR count). The first-order chi connectivity index (χ1) is 7.35. The number of nitrogens with zero attached hydrogens (tertiary/aromatic N) is 1. The maximum Gasteiger partial charge on any atom is 0.110 e. The van der Waals surface area contributed by atoms with Crippen LogP contribution in [0.2, 0.25) is 0 Å². The summed E-state index contributed by atoms with van der Waals surface area (Å²) in [5, 5.41) is 3.44. The molecular weight excluding hydrogens is 186 g/mol. The zero-order valence-corrected chi connectivity index (χ0v) is 9.77. The van der Waals surface area contributed by atoms with Crippen molar-refractivity contribution in [1.82, 2.24) is 15.3 Å². The number of imidazole rings is 1. The fraction of sp³-hybridized carbons (Fsp3) is 0.750. The number of nitrogens with one attached hydrogen (secondary N) is 2. The fourth-order valence-corrected chi connectivity index (χ4v) is 2.33. The summed E-state index contributed by atoms with van der Waals surface area (Å²) in [4.78, 5) is 8.23. The predicted octanol–water partition coefficient (Wildman–Crippen LogP) is 2.00. The summed E-state index contributed by atoms with van der Waals surface area (Å²) in [7, 11) is 0. The van der Waals surface area contributed by atoms with E-state index in [1.165, 1.54) is 36.6 Å². The van der Waals surface area contributed by atoms with Crippen molar-refractivity contribution in [3.8, 4) is 0 Å². The summed E-state index contributed by atoms with van der Waals surface area (Å²) in [6.07, 6.45) is 4.65. The number of hydrogen-bond donors (Lipinski definition) is 2. The maximum atomic E-state index is 4.73. The van der Waals surface area contributed by atoms with Crippen LogP contribution in [0.3, 0.4) is 0 Å². The van der Waals surface area contributed by atoms with Gasteiger partial charge in [-0.3, -0.25) is 0 Å². The van der Waals surface area contributed by atoms with E-state index in [0.717, 1.165) is 19.4 Å². The largest absolute Gasteiger partial charge is 0.345 e. The van der Waals surface area contributed by atoms with E-state index in [1.807, 2.05) is 0 Å². The summed E-state index contributed by atoms with van der Waals surface area (Å²) in [5.41, 5.74) is 2.59. The first-order valence-electron chi connectivity index (χ1n) is 6.13. The van der Waals surface area contributed by atoms with E-state index < -0.39 is 0 Å². The van der Waals surface area contributed by atoms with Crippen LogP contribution in [0.1, 0.15) is 49.8 Å². The SMILES string of the molecule is CCc1nc(C2CCCNC2)[nH]c1CC. The molecule has 0 radical (unpaired) electrons. The lowest BCUT2D eigenvalue weighted by Crippen LogP contribution is -2.28. The molecule has 15 heavy (non-hydrogen) atoms. The minimum atomic E-state index is 0.601. The normalized spacial score (nSPS) is 21.9. The van der Waals surface area contributed by atoms with Crippen LogP contribution >= 0.6 is 0 Å². The second-order valence-electron chi connectivity index (χ2n) is 4.30. The number of H-pyrrole nitrogens is 1. The Hall–Kier alpha value is -0.830. The van der Waals surface area contributed by atoms with Crippen LogP contribution in [-0.4, -0.2) is 23.1 Å². The third-order valence-electron chi connectivity index (χ3n) is 3.25. The minimum Gasteiger partial charge on any atom is -0.345 e. The van der Waals surface area contributed by atoms with Crippen LogP contribution < -0.4 is 5.32 Å². The Balaban J connectivity index is 2.16. The fourth-order valence-electron chi connectivity index (χ4n) is 2.33. The van der Waals surface area contributed by atoms with Gasteiger partial charge >= 0.3 is 0 Å². The summed E-state index contributed by atoms with van der Waals surface area (Å²) < 4.78 is 0. The van der Waals surface area contributed by atoms with Gasteiger partial charge in [-0.2, -0.15) is 0 Å². The second kappa shape index (κ2) is 4.79. The maximum absolute atomic E-state index is 4.73. The highest BCUT2D eigenvalue weighted by molar-refractivity contribution is 5.17. The lowest BCUT2D eigenvalue weighted by molar-refractivity contribution is 0.448. The number of aromatic amines is 1. The number of aromatic nitrogens is 2. The second-order valence-corrected chi connectivity index (χ2v) is 4.30. The monoisotopic (exact) mass is 207 g/mol. The Morgan fingerprint density at radius 2 is 2.20 bits per heavy atom. The van der Waals surface area contributed by atoms with E-state index in [0.29, 0.717) is 5.92 Å². The molecular formula is C12H21N3. The van der Waals surface area contributed by atoms with Crippen molar-refractivity contribution < 1.29 is 0 Å². The van der Waals surface area contributed by atoms with Gasteiger partial charge in [-0.25, -0.2) is 4.98 Å². The van der Waals surface area contributed by atoms with Gasteiger partial charge in [0.2, 0.25) is 0 Å². The van der Waals surface area contributed by atoms with E-state index >= 15 is 0 Å². The van der Waals surface area contributed by atoms with Gasteiger partial charge in [0.25, 0.3) is 0 Å². The van der Waals surface area contributed by atoms with Crippen LogP contribution in [0, 0.1) is 0 Å². The van der Waals surface area contributed by atoms with Crippen LogP contribution in [0.15, 0.2) is 0 Å². The van der Waals surface area contributed by atoms with Crippen molar-refractivity contribution in [1.29, 1.82) is 0 Å². The first kappa shape index (κ1) is 10.7. The Bertz CT molecular complexity index is 289. The van der Waals surface area contributed by atoms with E-state index in [2.05, 4.69) is 24.1 Å². The summed E-state index contributed by atoms with van der Waals surface area (Å²) in [6.45, 7) is 6.62. The molecule has 3 heteroatoms. The highest BCUT2D eigenvalue weighted by Crippen LogP contribution is 2.22. The van der Waals surface area contributed by atoms with Crippen molar-refractivity contribution in [2.45, 2.75) is 45.4 Å². The molecule has 0 amide bonds. The molecule has 0 bridgehead atoms. The Morgan fingerprint density at radius 1 is 1.33 bits per heavy atom. The first-order valence-corrected chi connectivity index (χ1v) is 6.13. The molecule has 1 aromatic heterocycles. The van der Waals surface area contributed by atoms with E-state index in [1.54, 1.807) is 0 Å². The average Bonchev–Trinajstić information content (AvgIpc) is 2.73. The highest BCUT2D eigenvalue weighted by atomic mass is 15.0. The van der Waals surface area contributed by atoms with Gasteiger partial charge in [0.15, 0.2) is 0 Å². The lowest BCUT2D eigenvalue weighted by Gasteiger charge is -2.20. The number of piperidine rings is 1. The Morgan fingerprint density at radius 3 is 2.73 bits per heavy atom. The molecule has 1 aliphatic rings. The van der Waals surface area contributed by atoms with Gasteiger partial charge in [-0.15, -0.1) is 0 Å². The molecule has 84 valence electrons. The molecule has 0 saturated carbocycles. The Kier molecular flexibility index (Phi) is 3.41. The van der Waals surface area contributed by atoms with Crippen molar-refractivity contribution >= 4 is 0 Å². The topological polar surface area (TPSA) is 40.7 Å². The van der Waals surface area contributed by atoms with Crippen molar-refractivity contribution in [2.75, 3.05) is 13.1 Å². The van der Waals surface area contributed by atoms with Crippen LogP contribution in [0.4, 0.5) is 0 Å². The highest BCUT2D eigenvalue weighted by Gasteiger charge is 2.19. The molecule has 1 saturated heterocycles. The van der Waals surface area contributed by atoms with Gasteiger partial charge in [-0.05, 0) is 32.2 Å². The number of hydrogen-bond acceptors (Lipinski definition) is 2. The molecule has 1 aromatic rings. The lowest BCUT2D eigenvalue weighted by atomic mass is 9.99. The smallest absolute Gasteiger partial charge is 0.110 e. The molecule has 2 heterocycles. The molecule has 0 aliphatic carbocycles. The quantitative estimate of drug-likeness (QED) is 0.796. The molecule has 1 unspecified atom stereocenters. The average molecular weight is 207 g/mol. The summed E-state index contributed by atoms with van der Waals surface area (Å²) >= 11 is 0. The van der Waals surface area contributed by atoms with Crippen LogP contribution in [0.5, 0.6) is 0 Å². The van der Waals surface area contributed by atoms with E-state index in [9.17, 15) is 0 Å². The zero-order valence-electron chi connectivity index (χ0n) is 9.77. The summed E-state index contributed by atoms with van der Waals surface area (Å²) in [6, 6.07) is 0. The Labute approximate surface area is 91.7 Å². The summed E-state index contributed by atoms with van der Waals surface area (Å²) in [5.74, 6) is 1.81. The van der Waals surface area contributed by atoms with E-state index in [-0.39, 0.29) is 0 Å². The molecule has 1 aliphatic heterocycles. The molecule has 0 aromatic carbocycles. The number of rotatable bonds is 3. The molecule has 1 atom stereocenters. The molecule has 2 N–H and O–H groups in total. The number of aryl methyl sites for hydroxylation is 2. The predicted molar refractivity (Wildman–Crippen MR) is 62.2 cm³/mol. The third-order valence-corrected chi connectivity index (χ3v) is 3.25. The molecule has 0 spiro atoms. The van der Waals surface area contributed by atoms with Gasteiger partial charge in [0.1, 0.15) is 5.82 Å². The third kappa shape index (κ3) is 2.23. The van der Waals surface area contributed by atoms with Crippen molar-refractivity contribution in [2.24, 2.45) is 0 Å². The standard InChI is InChI=1S/C12H21N3/c1-3-10-11(4-2)15-12(14-10)9-6-5-7-13-8-9/h9,13H,3-8H2,1-2H3,(H,14,15). The zero-order chi connectivity index (χ0) is 10.7. The van der Waals surface area contributed by atoms with Gasteiger partial charge in [0, 0.05) is 18.2 Å². The molecule has 1 fully saturated rings. The minimum absolute atomic E-state index is 0.601. The molecule has 3 nitrogen and oxygen atoms in total. The van der Waals surface area contributed by atoms with Crippen molar-refractivity contribution in [3.63, 3.8) is 0 Å². The van der Waals surface area contributed by atoms with Crippen LogP contribution in [-0.2, 0) is 12.8 Å².